The molecule has 13 heteroatoms. The van der Waals surface area contributed by atoms with E-state index in [4.69, 9.17) is 0 Å². The van der Waals surface area contributed by atoms with Gasteiger partial charge >= 0.3 is 37.7 Å². The van der Waals surface area contributed by atoms with Gasteiger partial charge < -0.3 is 18.9 Å². The molecule has 0 heterocycles. The van der Waals surface area contributed by atoms with Crippen molar-refractivity contribution in [2.75, 3.05) is 38.7 Å². The maximum absolute atomic E-state index is 11.7. The molecule has 0 aliphatic heterocycles. The van der Waals surface area contributed by atoms with Crippen LogP contribution in [0.15, 0.2) is 24.3 Å². The number of hydrogen-bond acceptors (Lipinski definition) is 8. The summed E-state index contributed by atoms with van der Waals surface area (Å²) in [5.74, 6) is -0.874. The molecular weight excluding hydrogens is 597 g/mol. The zero-order valence-corrected chi connectivity index (χ0v) is 29.6. The zero-order chi connectivity index (χ0) is 30.9. The Hall–Kier alpha value is -0.500. The smallest absolute Gasteiger partial charge is 0.748 e. The fourth-order valence-electron chi connectivity index (χ4n) is 3.48. The quantitative estimate of drug-likeness (QED) is 0.0732. The topological polar surface area (TPSA) is 155 Å². The van der Waals surface area contributed by atoms with Gasteiger partial charge in [0.25, 0.3) is 0 Å². The first kappa shape index (κ1) is 44.9. The summed E-state index contributed by atoms with van der Waals surface area (Å²) in [6.45, 7) is 5.25. The van der Waals surface area contributed by atoms with E-state index in [9.17, 15) is 35.5 Å². The molecule has 0 aromatic carbocycles. The van der Waals surface area contributed by atoms with Gasteiger partial charge in [0.1, 0.15) is 0 Å². The number of amides is 2. The van der Waals surface area contributed by atoms with Crippen molar-refractivity contribution in [1.29, 1.82) is 0 Å². The van der Waals surface area contributed by atoms with Crippen LogP contribution in [0.4, 0.5) is 0 Å². The summed E-state index contributed by atoms with van der Waals surface area (Å²) in [4.78, 5) is 26.4. The fraction of sp³-hybridized carbons (Fsp3) is 0.786. The number of carbonyl (C=O) groups is 2. The molecule has 41 heavy (non-hydrogen) atoms. The van der Waals surface area contributed by atoms with E-state index in [2.05, 4.69) is 13.8 Å². The number of rotatable bonds is 22. The molecule has 0 unspecified atom stereocenters. The molecule has 0 fully saturated rings. The predicted octanol–water partition coefficient (Wildman–Crippen LogP) is 4.21. The molecular formula is C28H52CaN2O8S2. The molecule has 0 saturated heterocycles. The first-order valence-electron chi connectivity index (χ1n) is 14.4. The number of carbonyl (C=O) groups excluding carboxylic acids is 2. The van der Waals surface area contributed by atoms with Gasteiger partial charge in [-0.3, -0.25) is 9.59 Å². The molecule has 0 aromatic heterocycles. The van der Waals surface area contributed by atoms with Gasteiger partial charge in [0.15, 0.2) is 0 Å². The summed E-state index contributed by atoms with van der Waals surface area (Å²) in [6, 6.07) is 0. The summed E-state index contributed by atoms with van der Waals surface area (Å²) < 4.78 is 62.5. The van der Waals surface area contributed by atoms with E-state index < -0.39 is 20.2 Å². The largest absolute Gasteiger partial charge is 2.00 e. The number of nitrogens with zero attached hydrogens (tertiary/aromatic N) is 2. The van der Waals surface area contributed by atoms with Gasteiger partial charge in [-0.25, -0.2) is 16.8 Å². The molecule has 0 atom stereocenters. The molecule has 0 radical (unpaired) electrons. The van der Waals surface area contributed by atoms with Crippen LogP contribution in [0.5, 0.6) is 0 Å². The van der Waals surface area contributed by atoms with Crippen LogP contribution in [0.2, 0.25) is 0 Å². The van der Waals surface area contributed by atoms with Crippen molar-refractivity contribution in [3.05, 3.63) is 24.3 Å². The summed E-state index contributed by atoms with van der Waals surface area (Å²) in [6.07, 6.45) is 19.8. The van der Waals surface area contributed by atoms with E-state index in [1.807, 2.05) is 12.2 Å². The number of unbranched alkanes of at least 4 members (excludes halogenated alkanes) is 10. The molecule has 10 nitrogen and oxygen atoms in total. The Kier molecular flexibility index (Phi) is 31.0. The minimum atomic E-state index is -4.14. The van der Waals surface area contributed by atoms with Gasteiger partial charge in [-0.1, -0.05) is 64.5 Å². The van der Waals surface area contributed by atoms with Crippen molar-refractivity contribution in [3.8, 4) is 0 Å². The summed E-state index contributed by atoms with van der Waals surface area (Å²) in [7, 11) is -4.92. The molecule has 0 aromatic rings. The SMILES string of the molecule is CCCCCC/C=C/C(=O)N(C)CCCCS(=O)(=O)[O-].CCCCCC/C=C/C(=O)N(C)CCCCS(=O)(=O)[O-].[Ca+2]. The zero-order valence-electron chi connectivity index (χ0n) is 25.7. The van der Waals surface area contributed by atoms with Gasteiger partial charge in [0, 0.05) is 38.7 Å². The van der Waals surface area contributed by atoms with Gasteiger partial charge in [0.2, 0.25) is 11.8 Å². The Labute approximate surface area is 279 Å². The normalized spacial score (nSPS) is 11.7. The minimum Gasteiger partial charge on any atom is -0.748 e. The Morgan fingerprint density at radius 1 is 0.585 bits per heavy atom. The van der Waals surface area contributed by atoms with E-state index in [1.165, 1.54) is 38.5 Å². The van der Waals surface area contributed by atoms with Crippen molar-refractivity contribution in [2.45, 2.75) is 104 Å². The number of likely N-dealkylation sites (N-methyl/N-ethyl adjacent to an activating group) is 2. The Balaban J connectivity index is -0.000000688. The Morgan fingerprint density at radius 2 is 0.927 bits per heavy atom. The molecule has 0 rings (SSSR count). The second-order valence-corrected chi connectivity index (χ2v) is 13.0. The van der Waals surface area contributed by atoms with Crippen LogP contribution < -0.4 is 0 Å². The fourth-order valence-corrected chi connectivity index (χ4v) is 4.59. The molecule has 236 valence electrons. The Bertz CT molecular complexity index is 863. The molecule has 0 N–H and O–H groups in total. The summed E-state index contributed by atoms with van der Waals surface area (Å²) >= 11 is 0. The second kappa shape index (κ2) is 28.3. The van der Waals surface area contributed by atoms with E-state index in [0.29, 0.717) is 38.8 Å². The van der Waals surface area contributed by atoms with Crippen LogP contribution in [0, 0.1) is 0 Å². The predicted molar refractivity (Wildman–Crippen MR) is 164 cm³/mol. The maximum Gasteiger partial charge on any atom is 2.00 e. The van der Waals surface area contributed by atoms with Gasteiger partial charge in [0.05, 0.1) is 20.2 Å². The average Bonchev–Trinajstić information content (AvgIpc) is 2.87. The third kappa shape index (κ3) is 35.6. The van der Waals surface area contributed by atoms with Crippen molar-refractivity contribution >= 4 is 69.8 Å². The van der Waals surface area contributed by atoms with Gasteiger partial charge in [-0.05, 0) is 63.5 Å². The van der Waals surface area contributed by atoms with Crippen LogP contribution in [0.3, 0.4) is 0 Å². The van der Waals surface area contributed by atoms with Crippen molar-refractivity contribution in [1.82, 2.24) is 9.80 Å². The standard InChI is InChI=1S/2C14H27NO4S.Ca/c2*1-3-4-5-6-7-8-11-14(16)15(2)12-9-10-13-20(17,18)19;/h2*8,11H,3-7,9-10,12-13H2,1-2H3,(H,17,18,19);/q;;+2/p-2/b2*11-8+;. The first-order chi connectivity index (χ1) is 18.7. The molecule has 0 aliphatic carbocycles. The molecule has 0 bridgehead atoms. The molecule has 0 aliphatic rings. The van der Waals surface area contributed by atoms with Crippen molar-refractivity contribution < 1.29 is 35.5 Å². The summed E-state index contributed by atoms with van der Waals surface area (Å²) in [5.41, 5.74) is 0. The van der Waals surface area contributed by atoms with Crippen LogP contribution in [0.1, 0.15) is 104 Å². The second-order valence-electron chi connectivity index (χ2n) is 9.96. The number of allylic oxidation sites excluding steroid dienone is 2. The molecule has 0 saturated carbocycles. The van der Waals surface area contributed by atoms with Gasteiger partial charge in [-0.15, -0.1) is 0 Å². The van der Waals surface area contributed by atoms with E-state index >= 15 is 0 Å². The molecule has 2 amide bonds. The third-order valence-corrected chi connectivity index (χ3v) is 7.58. The van der Waals surface area contributed by atoms with Crippen LogP contribution in [-0.2, 0) is 29.8 Å². The summed E-state index contributed by atoms with van der Waals surface area (Å²) in [5, 5.41) is 0. The number of hydrogen-bond donors (Lipinski definition) is 0. The van der Waals surface area contributed by atoms with E-state index in [-0.39, 0.29) is 61.1 Å². The van der Waals surface area contributed by atoms with Crippen molar-refractivity contribution in [3.63, 3.8) is 0 Å². The van der Waals surface area contributed by atoms with Crippen LogP contribution >= 0.6 is 0 Å². The average molecular weight is 649 g/mol. The maximum atomic E-state index is 11.7. The Morgan fingerprint density at radius 3 is 1.22 bits per heavy atom. The first-order valence-corrected chi connectivity index (χ1v) is 17.6. The van der Waals surface area contributed by atoms with Crippen LogP contribution in [0.25, 0.3) is 0 Å². The molecule has 0 spiro atoms. The monoisotopic (exact) mass is 648 g/mol. The van der Waals surface area contributed by atoms with E-state index in [1.54, 1.807) is 36.0 Å². The van der Waals surface area contributed by atoms with Crippen molar-refractivity contribution in [2.24, 2.45) is 0 Å². The third-order valence-electron chi connectivity index (χ3n) is 6.00. The minimum absolute atomic E-state index is 0. The van der Waals surface area contributed by atoms with E-state index in [0.717, 1.165) is 25.7 Å². The van der Waals surface area contributed by atoms with Gasteiger partial charge in [-0.2, -0.15) is 0 Å². The van der Waals surface area contributed by atoms with Crippen LogP contribution in [-0.4, -0.2) is 124 Å².